The van der Waals surface area contributed by atoms with Gasteiger partial charge in [0.15, 0.2) is 0 Å². The third kappa shape index (κ3) is 3.26. The molecule has 0 spiro atoms. The molecule has 0 aromatic heterocycles. The number of hydrogen-bond donors (Lipinski definition) is 2. The maximum absolute atomic E-state index is 12.1. The van der Waals surface area contributed by atoms with Crippen molar-refractivity contribution in [2.24, 2.45) is 0 Å². The minimum atomic E-state index is -0.167. The molecule has 0 radical (unpaired) electrons. The number of carbonyl (C=O) groups excluding carboxylic acids is 1. The highest BCUT2D eigenvalue weighted by Gasteiger charge is 2.12. The maximum atomic E-state index is 12.1. The molecular formula is C15H15ClN2O. The van der Waals surface area contributed by atoms with Gasteiger partial charge in [0, 0.05) is 5.56 Å². The largest absolute Gasteiger partial charge is 0.398 e. The van der Waals surface area contributed by atoms with Crippen molar-refractivity contribution in [3.63, 3.8) is 0 Å². The van der Waals surface area contributed by atoms with Crippen LogP contribution in [0.15, 0.2) is 48.5 Å². The molecule has 1 amide bonds. The first-order valence-corrected chi connectivity index (χ1v) is 6.36. The Bertz CT molecular complexity index is 584. The van der Waals surface area contributed by atoms with Gasteiger partial charge in [-0.05, 0) is 30.7 Å². The van der Waals surface area contributed by atoms with Crippen molar-refractivity contribution in [3.05, 3.63) is 64.7 Å². The smallest absolute Gasteiger partial charge is 0.251 e. The van der Waals surface area contributed by atoms with Crippen molar-refractivity contribution in [2.45, 2.75) is 13.0 Å². The fourth-order valence-electron chi connectivity index (χ4n) is 1.79. The molecule has 19 heavy (non-hydrogen) atoms. The van der Waals surface area contributed by atoms with E-state index < -0.39 is 0 Å². The van der Waals surface area contributed by atoms with Gasteiger partial charge in [-0.3, -0.25) is 4.79 Å². The van der Waals surface area contributed by atoms with Crippen LogP contribution in [0, 0.1) is 0 Å². The number of hydrogen-bond acceptors (Lipinski definition) is 2. The number of nitrogen functional groups attached to an aromatic ring is 1. The van der Waals surface area contributed by atoms with Crippen LogP contribution in [0.5, 0.6) is 0 Å². The maximum Gasteiger partial charge on any atom is 0.251 e. The topological polar surface area (TPSA) is 55.1 Å². The second kappa shape index (κ2) is 5.76. The lowest BCUT2D eigenvalue weighted by Crippen LogP contribution is -2.26. The lowest BCUT2D eigenvalue weighted by molar-refractivity contribution is 0.0940. The fourth-order valence-corrected chi connectivity index (χ4v) is 1.91. The van der Waals surface area contributed by atoms with Crippen LogP contribution in [0.25, 0.3) is 0 Å². The number of anilines is 1. The van der Waals surface area contributed by atoms with Gasteiger partial charge < -0.3 is 11.1 Å². The summed E-state index contributed by atoms with van der Waals surface area (Å²) in [5.41, 5.74) is 7.65. The molecule has 0 saturated carbocycles. The van der Waals surface area contributed by atoms with E-state index in [1.165, 1.54) is 0 Å². The lowest BCUT2D eigenvalue weighted by Gasteiger charge is -2.14. The van der Waals surface area contributed by atoms with E-state index in [9.17, 15) is 4.79 Å². The molecule has 2 aromatic rings. The normalized spacial score (nSPS) is 11.9. The third-order valence-corrected chi connectivity index (χ3v) is 3.25. The second-order valence-electron chi connectivity index (χ2n) is 4.34. The zero-order valence-corrected chi connectivity index (χ0v) is 11.3. The van der Waals surface area contributed by atoms with E-state index in [-0.39, 0.29) is 11.9 Å². The molecule has 1 atom stereocenters. The highest BCUT2D eigenvalue weighted by Crippen LogP contribution is 2.20. The summed E-state index contributed by atoms with van der Waals surface area (Å²) in [6, 6.07) is 14.6. The van der Waals surface area contributed by atoms with Gasteiger partial charge in [-0.2, -0.15) is 0 Å². The van der Waals surface area contributed by atoms with Crippen LogP contribution < -0.4 is 11.1 Å². The first-order valence-electron chi connectivity index (χ1n) is 5.99. The molecule has 0 fully saturated rings. The van der Waals surface area contributed by atoms with Crippen LogP contribution >= 0.6 is 11.6 Å². The number of rotatable bonds is 3. The van der Waals surface area contributed by atoms with Gasteiger partial charge >= 0.3 is 0 Å². The number of carbonyl (C=O) groups is 1. The van der Waals surface area contributed by atoms with Crippen molar-refractivity contribution in [3.8, 4) is 0 Å². The summed E-state index contributed by atoms with van der Waals surface area (Å²) < 4.78 is 0. The Hall–Kier alpha value is -2.00. The zero-order chi connectivity index (χ0) is 13.8. The van der Waals surface area contributed by atoms with Gasteiger partial charge in [-0.15, -0.1) is 0 Å². The van der Waals surface area contributed by atoms with Crippen LogP contribution in [0.2, 0.25) is 5.02 Å². The molecule has 0 aliphatic carbocycles. The second-order valence-corrected chi connectivity index (χ2v) is 4.75. The van der Waals surface area contributed by atoms with E-state index in [0.717, 1.165) is 5.56 Å². The van der Waals surface area contributed by atoms with Crippen molar-refractivity contribution >= 4 is 23.2 Å². The Morgan fingerprint density at radius 2 is 1.89 bits per heavy atom. The fraction of sp³-hybridized carbons (Fsp3) is 0.133. The Kier molecular flexibility index (Phi) is 4.07. The summed E-state index contributed by atoms with van der Waals surface area (Å²) in [6.45, 7) is 1.94. The van der Waals surface area contributed by atoms with E-state index in [1.807, 2.05) is 37.3 Å². The van der Waals surface area contributed by atoms with E-state index in [2.05, 4.69) is 5.32 Å². The predicted molar refractivity (Wildman–Crippen MR) is 78.2 cm³/mol. The molecule has 4 heteroatoms. The van der Waals surface area contributed by atoms with Gasteiger partial charge in [0.2, 0.25) is 0 Å². The third-order valence-electron chi connectivity index (χ3n) is 2.91. The molecule has 2 aromatic carbocycles. The average Bonchev–Trinajstić information content (AvgIpc) is 2.42. The average molecular weight is 275 g/mol. The molecular weight excluding hydrogens is 260 g/mol. The minimum Gasteiger partial charge on any atom is -0.398 e. The van der Waals surface area contributed by atoms with E-state index in [1.54, 1.807) is 18.2 Å². The molecule has 0 saturated heterocycles. The number of amides is 1. The number of nitrogens with one attached hydrogen (secondary N) is 1. The van der Waals surface area contributed by atoms with Gasteiger partial charge in [0.25, 0.3) is 5.91 Å². The van der Waals surface area contributed by atoms with Crippen molar-refractivity contribution < 1.29 is 4.79 Å². The van der Waals surface area contributed by atoms with E-state index >= 15 is 0 Å². The van der Waals surface area contributed by atoms with Crippen molar-refractivity contribution in [1.82, 2.24) is 5.32 Å². The first-order chi connectivity index (χ1) is 9.08. The molecule has 3 N–H and O–H groups in total. The Labute approximate surface area is 117 Å². The van der Waals surface area contributed by atoms with Crippen molar-refractivity contribution in [2.75, 3.05) is 5.73 Å². The minimum absolute atomic E-state index is 0.0643. The van der Waals surface area contributed by atoms with Crippen LogP contribution in [0.3, 0.4) is 0 Å². The SMILES string of the molecule is C[C@@H](NC(=O)c1ccc(Cl)c(N)c1)c1ccccc1. The molecule has 0 aliphatic heterocycles. The van der Waals surface area contributed by atoms with Crippen LogP contribution in [-0.4, -0.2) is 5.91 Å². The molecule has 0 aliphatic rings. The van der Waals surface area contributed by atoms with Crippen LogP contribution in [0.1, 0.15) is 28.9 Å². The standard InChI is InChI=1S/C15H15ClN2O/c1-10(11-5-3-2-4-6-11)18-15(19)12-7-8-13(16)14(17)9-12/h2-10H,17H2,1H3,(H,18,19)/t10-/m1/s1. The summed E-state index contributed by atoms with van der Waals surface area (Å²) >= 11 is 5.83. The zero-order valence-electron chi connectivity index (χ0n) is 10.6. The molecule has 0 bridgehead atoms. The molecule has 0 unspecified atom stereocenters. The Morgan fingerprint density at radius 1 is 1.21 bits per heavy atom. The van der Waals surface area contributed by atoms with Crippen LogP contribution in [0.4, 0.5) is 5.69 Å². The van der Waals surface area contributed by atoms with Crippen LogP contribution in [-0.2, 0) is 0 Å². The Morgan fingerprint density at radius 3 is 2.53 bits per heavy atom. The Balaban J connectivity index is 2.11. The van der Waals surface area contributed by atoms with Crippen molar-refractivity contribution in [1.29, 1.82) is 0 Å². The highest BCUT2D eigenvalue weighted by atomic mass is 35.5. The molecule has 98 valence electrons. The first kappa shape index (κ1) is 13.4. The van der Waals surface area contributed by atoms with Gasteiger partial charge in [-0.1, -0.05) is 41.9 Å². The summed E-state index contributed by atoms with van der Waals surface area (Å²) in [4.78, 5) is 12.1. The summed E-state index contributed by atoms with van der Waals surface area (Å²) in [5.74, 6) is -0.167. The van der Waals surface area contributed by atoms with Gasteiger partial charge in [0.1, 0.15) is 0 Å². The highest BCUT2D eigenvalue weighted by molar-refractivity contribution is 6.33. The predicted octanol–water partition coefficient (Wildman–Crippen LogP) is 3.41. The van der Waals surface area contributed by atoms with E-state index in [4.69, 9.17) is 17.3 Å². The summed E-state index contributed by atoms with van der Waals surface area (Å²) in [6.07, 6.45) is 0. The number of benzene rings is 2. The van der Waals surface area contributed by atoms with Gasteiger partial charge in [-0.25, -0.2) is 0 Å². The number of nitrogens with two attached hydrogens (primary N) is 1. The van der Waals surface area contributed by atoms with Gasteiger partial charge in [0.05, 0.1) is 16.8 Å². The summed E-state index contributed by atoms with van der Waals surface area (Å²) in [7, 11) is 0. The summed E-state index contributed by atoms with van der Waals surface area (Å²) in [5, 5.41) is 3.37. The lowest BCUT2D eigenvalue weighted by atomic mass is 10.1. The number of halogens is 1. The monoisotopic (exact) mass is 274 g/mol. The molecule has 0 heterocycles. The quantitative estimate of drug-likeness (QED) is 0.843. The molecule has 2 rings (SSSR count). The molecule has 3 nitrogen and oxygen atoms in total. The van der Waals surface area contributed by atoms with E-state index in [0.29, 0.717) is 16.3 Å².